The summed E-state index contributed by atoms with van der Waals surface area (Å²) in [5.74, 6) is 0. The second kappa shape index (κ2) is 18.6. The van der Waals surface area contributed by atoms with Gasteiger partial charge in [0, 0.05) is 44.3 Å². The van der Waals surface area contributed by atoms with Gasteiger partial charge in [0.25, 0.3) is 0 Å². The van der Waals surface area contributed by atoms with Gasteiger partial charge in [0.15, 0.2) is 0 Å². The zero-order valence-corrected chi connectivity index (χ0v) is 47.9. The van der Waals surface area contributed by atoms with Crippen LogP contribution in [0.25, 0.3) is 32.7 Å². The third-order valence-corrected chi connectivity index (χ3v) is 22.5. The van der Waals surface area contributed by atoms with Gasteiger partial charge in [0.2, 0.25) is 0 Å². The van der Waals surface area contributed by atoms with Crippen LogP contribution in [-0.4, -0.2) is 42.5 Å². The first kappa shape index (κ1) is 47.5. The van der Waals surface area contributed by atoms with Crippen molar-refractivity contribution < 1.29 is 0 Å². The number of fused-ring (bicyclic) bond motifs is 2. The lowest BCUT2D eigenvalue weighted by Gasteiger charge is -2.35. The molecular formula is C59H72N2Si5. The molecule has 8 aromatic carbocycles. The third kappa shape index (κ3) is 9.69. The van der Waals surface area contributed by atoms with Gasteiger partial charge >= 0.3 is 0 Å². The van der Waals surface area contributed by atoms with Crippen LogP contribution in [0.3, 0.4) is 0 Å². The summed E-state index contributed by atoms with van der Waals surface area (Å²) in [5.41, 5.74) is 13.9. The van der Waals surface area contributed by atoms with Gasteiger partial charge in [-0.05, 0) is 103 Å². The molecule has 0 N–H and O–H groups in total. The zero-order valence-electron chi connectivity index (χ0n) is 42.5. The van der Waals surface area contributed by atoms with Crippen LogP contribution in [0.15, 0.2) is 146 Å². The predicted molar refractivity (Wildman–Crippen MR) is 312 cm³/mol. The van der Waals surface area contributed by atoms with Crippen LogP contribution in [0.2, 0.25) is 78.6 Å². The summed E-state index contributed by atoms with van der Waals surface area (Å²) < 4.78 is 0. The first-order valence-electron chi connectivity index (χ1n) is 24.3. The summed E-state index contributed by atoms with van der Waals surface area (Å²) in [5, 5.41) is 12.5. The van der Waals surface area contributed by atoms with Crippen LogP contribution < -0.4 is 35.7 Å². The van der Waals surface area contributed by atoms with E-state index in [1.165, 1.54) is 109 Å². The summed E-state index contributed by atoms with van der Waals surface area (Å²) in [6.45, 7) is 36.7. The van der Waals surface area contributed by atoms with Gasteiger partial charge in [-0.2, -0.15) is 0 Å². The lowest BCUT2D eigenvalue weighted by atomic mass is 9.92. The van der Waals surface area contributed by atoms with Gasteiger partial charge in [-0.3, -0.25) is 0 Å². The Morgan fingerprint density at radius 2 is 0.712 bits per heavy atom. The summed E-state index contributed by atoms with van der Waals surface area (Å²) >= 11 is 0. The molecule has 0 saturated carbocycles. The molecule has 0 aromatic heterocycles. The Balaban J connectivity index is 1.61. The SMILES string of the molecule is Cc1cc(N(c2cc(C)cc([Si](C)(C)C)c2)c2c3ccccc3c(N(c3cc(C)cc([SiH](C)C)c3)c3cc([SiH](C)C)cc([Si](C)(C)C)c3)c3cc(-c4ccccc4)ccc23)cc([SiH](C)C)c1. The van der Waals surface area contributed by atoms with E-state index >= 15 is 0 Å². The van der Waals surface area contributed by atoms with E-state index in [4.69, 9.17) is 0 Å². The van der Waals surface area contributed by atoms with Crippen LogP contribution in [0.5, 0.6) is 0 Å². The fourth-order valence-corrected chi connectivity index (χ4v) is 15.4. The van der Waals surface area contributed by atoms with E-state index in [0.29, 0.717) is 0 Å². The molecule has 0 saturated heterocycles. The highest BCUT2D eigenvalue weighted by Gasteiger charge is 2.29. The van der Waals surface area contributed by atoms with Gasteiger partial charge < -0.3 is 9.80 Å². The zero-order chi connectivity index (χ0) is 47.4. The quantitative estimate of drug-likeness (QED) is 0.0684. The molecule has 8 rings (SSSR count). The minimum Gasteiger partial charge on any atom is -0.309 e. The van der Waals surface area contributed by atoms with E-state index in [-0.39, 0.29) is 0 Å². The molecule has 0 aliphatic carbocycles. The molecule has 8 aromatic rings. The van der Waals surface area contributed by atoms with Crippen molar-refractivity contribution in [1.82, 2.24) is 0 Å². The third-order valence-electron chi connectivity index (χ3n) is 13.5. The normalized spacial score (nSPS) is 12.3. The molecule has 0 heterocycles. The molecule has 0 bridgehead atoms. The van der Waals surface area contributed by atoms with Gasteiger partial charge in [-0.15, -0.1) is 0 Å². The van der Waals surface area contributed by atoms with Crippen molar-refractivity contribution in [2.24, 2.45) is 0 Å². The van der Waals surface area contributed by atoms with Crippen molar-refractivity contribution in [3.8, 4) is 11.1 Å². The Hall–Kier alpha value is -5.04. The van der Waals surface area contributed by atoms with Crippen molar-refractivity contribution in [2.45, 2.75) is 99.3 Å². The number of nitrogens with zero attached hydrogens (tertiary/aromatic N) is 2. The van der Waals surface area contributed by atoms with Crippen molar-refractivity contribution in [2.75, 3.05) is 9.80 Å². The maximum Gasteiger partial charge on any atom is 0.0777 e. The van der Waals surface area contributed by atoms with Crippen LogP contribution in [0.1, 0.15) is 16.7 Å². The average Bonchev–Trinajstić information content (AvgIpc) is 3.26. The Kier molecular flexibility index (Phi) is 13.4. The maximum atomic E-state index is 2.69. The monoisotopic (exact) mass is 948 g/mol. The fourth-order valence-electron chi connectivity index (χ4n) is 9.60. The molecule has 0 unspecified atom stereocenters. The topological polar surface area (TPSA) is 6.48 Å². The van der Waals surface area contributed by atoms with Gasteiger partial charge in [0.1, 0.15) is 0 Å². The molecule has 338 valence electrons. The van der Waals surface area contributed by atoms with Crippen LogP contribution >= 0.6 is 0 Å². The van der Waals surface area contributed by atoms with E-state index in [9.17, 15) is 0 Å². The molecule has 0 atom stereocenters. The minimum atomic E-state index is -1.73. The van der Waals surface area contributed by atoms with Gasteiger partial charge in [-0.25, -0.2) is 0 Å². The Morgan fingerprint density at radius 3 is 1.18 bits per heavy atom. The van der Waals surface area contributed by atoms with Crippen LogP contribution in [0.4, 0.5) is 34.1 Å². The number of anilines is 6. The average molecular weight is 950 g/mol. The highest BCUT2D eigenvalue weighted by Crippen LogP contribution is 2.52. The van der Waals surface area contributed by atoms with E-state index in [1.54, 1.807) is 0 Å². The summed E-state index contributed by atoms with van der Waals surface area (Å²) in [6, 6.07) is 57.6. The lowest BCUT2D eigenvalue weighted by molar-refractivity contribution is 1.28. The first-order valence-corrected chi connectivity index (χ1v) is 40.0. The largest absolute Gasteiger partial charge is 0.309 e. The standard InChI is InChI=1S/C59H72N2Si5/c1-40-27-45(34-49(30-40)62(4)5)60(47-29-42(3)32-52(37-47)65(10,11)12)58-54-23-19-20-24-55(54)59(57-33-44(25-26-56(57)58)43-21-17-16-18-22-43)61(46-28-41(2)31-50(35-46)63(6)7)48-36-51(64(8)9)39-53(38-48)66(13,14)15/h16-39,62-64H,1-15H3. The molecule has 0 amide bonds. The van der Waals surface area contributed by atoms with Gasteiger partial charge in [-0.1, -0.05) is 195 Å². The Morgan fingerprint density at radius 1 is 0.333 bits per heavy atom. The minimum absolute atomic E-state index is 1.16. The predicted octanol–water partition coefficient (Wildman–Crippen LogP) is 13.7. The molecule has 0 spiro atoms. The summed E-state index contributed by atoms with van der Waals surface area (Å²) in [4.78, 5) is 5.34. The molecule has 0 aliphatic rings. The highest BCUT2D eigenvalue weighted by atomic mass is 28.3. The smallest absolute Gasteiger partial charge is 0.0777 e. The van der Waals surface area contributed by atoms with E-state index in [1.807, 2.05) is 0 Å². The second-order valence-corrected chi connectivity index (χ2v) is 41.2. The van der Waals surface area contributed by atoms with Gasteiger partial charge in [0.05, 0.1) is 53.9 Å². The van der Waals surface area contributed by atoms with Crippen LogP contribution in [-0.2, 0) is 0 Å². The molecule has 7 heteroatoms. The van der Waals surface area contributed by atoms with E-state index in [2.05, 4.69) is 255 Å². The number of aryl methyl sites for hydroxylation is 3. The van der Waals surface area contributed by atoms with Crippen molar-refractivity contribution >= 4 is 124 Å². The first-order chi connectivity index (χ1) is 31.2. The van der Waals surface area contributed by atoms with Crippen LogP contribution in [0, 0.1) is 20.8 Å². The lowest BCUT2D eigenvalue weighted by Crippen LogP contribution is -2.41. The molecule has 0 aliphatic heterocycles. The molecule has 2 nitrogen and oxygen atoms in total. The second-order valence-electron chi connectivity index (χ2n) is 22.1. The maximum absolute atomic E-state index is 2.69. The number of hydrogen-bond acceptors (Lipinski definition) is 2. The molecule has 0 radical (unpaired) electrons. The highest BCUT2D eigenvalue weighted by molar-refractivity contribution is 6.89. The fraction of sp³-hybridized carbons (Fsp3) is 0.254. The number of rotatable bonds is 12. The molecule has 66 heavy (non-hydrogen) atoms. The van der Waals surface area contributed by atoms with Crippen molar-refractivity contribution in [3.05, 3.63) is 162 Å². The van der Waals surface area contributed by atoms with E-state index < -0.39 is 42.5 Å². The number of hydrogen-bond donors (Lipinski definition) is 0. The Bertz CT molecular complexity index is 3080. The van der Waals surface area contributed by atoms with E-state index in [0.717, 1.165) is 0 Å². The number of benzene rings is 8. The molecular weight excluding hydrogens is 877 g/mol. The summed E-state index contributed by atoms with van der Waals surface area (Å²) in [7, 11) is -6.95. The van der Waals surface area contributed by atoms with Crippen molar-refractivity contribution in [1.29, 1.82) is 0 Å². The van der Waals surface area contributed by atoms with Crippen molar-refractivity contribution in [3.63, 3.8) is 0 Å². The Labute approximate surface area is 404 Å². The molecule has 0 fully saturated rings. The summed E-state index contributed by atoms with van der Waals surface area (Å²) in [6.07, 6.45) is 0.